The fraction of sp³-hybridized carbons (Fsp3) is 0.200. The second-order valence-electron chi connectivity index (χ2n) is 2.95. The quantitative estimate of drug-likeness (QED) is 0.773. The minimum Gasteiger partial charge on any atom is -0.490 e. The van der Waals surface area contributed by atoms with E-state index in [9.17, 15) is 0 Å². The fourth-order valence-corrected chi connectivity index (χ4v) is 1.33. The molecule has 5 nitrogen and oxygen atoms in total. The number of nitrogens with one attached hydrogen (secondary N) is 1. The van der Waals surface area contributed by atoms with Crippen molar-refractivity contribution in [3.8, 4) is 11.8 Å². The van der Waals surface area contributed by atoms with Crippen molar-refractivity contribution in [1.82, 2.24) is 9.97 Å². The van der Waals surface area contributed by atoms with E-state index < -0.39 is 0 Å². The molecule has 5 heteroatoms. The number of hydrogen-bond acceptors (Lipinski definition) is 4. The van der Waals surface area contributed by atoms with E-state index in [0.29, 0.717) is 11.3 Å². The van der Waals surface area contributed by atoms with Crippen molar-refractivity contribution in [1.29, 1.82) is 5.26 Å². The Balaban J connectivity index is 2.46. The number of aromatic amines is 1. The average molecular weight is 203 g/mol. The minimum absolute atomic E-state index is 0.0799. The molecule has 0 aliphatic rings. The highest BCUT2D eigenvalue weighted by molar-refractivity contribution is 5.78. The molecule has 0 spiro atoms. The summed E-state index contributed by atoms with van der Waals surface area (Å²) >= 11 is 0. The lowest BCUT2D eigenvalue weighted by Gasteiger charge is -2.05. The number of aromatic nitrogens is 2. The van der Waals surface area contributed by atoms with E-state index in [2.05, 4.69) is 9.97 Å². The molecule has 2 rings (SSSR count). The minimum atomic E-state index is -0.0799. The molecule has 0 amide bonds. The van der Waals surface area contributed by atoms with Crippen LogP contribution in [-0.2, 0) is 0 Å². The van der Waals surface area contributed by atoms with Gasteiger partial charge in [0.05, 0.1) is 29.5 Å². The van der Waals surface area contributed by atoms with Crippen LogP contribution in [0.15, 0.2) is 18.5 Å². The van der Waals surface area contributed by atoms with Crippen molar-refractivity contribution in [2.75, 3.05) is 13.2 Å². The Kier molecular flexibility index (Phi) is 2.52. The van der Waals surface area contributed by atoms with Crippen LogP contribution in [0.1, 0.15) is 5.56 Å². The van der Waals surface area contributed by atoms with Gasteiger partial charge in [-0.1, -0.05) is 0 Å². The van der Waals surface area contributed by atoms with E-state index in [1.54, 1.807) is 18.5 Å². The number of aliphatic hydroxyl groups is 1. The molecule has 1 heterocycles. The van der Waals surface area contributed by atoms with Gasteiger partial charge in [-0.05, 0) is 6.07 Å². The lowest BCUT2D eigenvalue weighted by Crippen LogP contribution is -2.02. The number of H-pyrrole nitrogens is 1. The van der Waals surface area contributed by atoms with E-state index in [0.717, 1.165) is 11.0 Å². The number of imidazole rings is 1. The Hall–Kier alpha value is -2.06. The fourth-order valence-electron chi connectivity index (χ4n) is 1.33. The van der Waals surface area contributed by atoms with Crippen LogP contribution in [0.5, 0.6) is 5.75 Å². The maximum atomic E-state index is 8.89. The molecule has 0 saturated carbocycles. The normalized spacial score (nSPS) is 10.1. The predicted molar refractivity (Wildman–Crippen MR) is 53.4 cm³/mol. The van der Waals surface area contributed by atoms with Gasteiger partial charge in [-0.3, -0.25) is 0 Å². The second kappa shape index (κ2) is 3.98. The Bertz CT molecular complexity index is 513. The number of rotatable bonds is 3. The third-order valence-corrected chi connectivity index (χ3v) is 1.99. The number of hydrogen-bond donors (Lipinski definition) is 2. The molecule has 0 aliphatic heterocycles. The van der Waals surface area contributed by atoms with E-state index in [1.807, 2.05) is 6.07 Å². The van der Waals surface area contributed by atoms with Gasteiger partial charge in [-0.15, -0.1) is 0 Å². The number of ether oxygens (including phenoxy) is 1. The molecular weight excluding hydrogens is 194 g/mol. The van der Waals surface area contributed by atoms with Crippen molar-refractivity contribution < 1.29 is 9.84 Å². The molecule has 0 saturated heterocycles. The maximum Gasteiger partial charge on any atom is 0.139 e. The van der Waals surface area contributed by atoms with Gasteiger partial charge in [0.2, 0.25) is 0 Å². The molecule has 0 fully saturated rings. The number of nitrogens with zero attached hydrogens (tertiary/aromatic N) is 2. The summed E-state index contributed by atoms with van der Waals surface area (Å²) in [4.78, 5) is 6.97. The lowest BCUT2D eigenvalue weighted by atomic mass is 10.2. The summed E-state index contributed by atoms with van der Waals surface area (Å²) in [6, 6.07) is 5.39. The molecule has 76 valence electrons. The van der Waals surface area contributed by atoms with Crippen LogP contribution < -0.4 is 4.74 Å². The largest absolute Gasteiger partial charge is 0.490 e. The van der Waals surface area contributed by atoms with Crippen LogP contribution in [0.3, 0.4) is 0 Å². The molecule has 1 aromatic carbocycles. The van der Waals surface area contributed by atoms with E-state index in [-0.39, 0.29) is 13.2 Å². The molecule has 2 N–H and O–H groups in total. The maximum absolute atomic E-state index is 8.89. The molecule has 0 aliphatic carbocycles. The summed E-state index contributed by atoms with van der Waals surface area (Å²) in [7, 11) is 0. The van der Waals surface area contributed by atoms with Gasteiger partial charge in [-0.25, -0.2) is 4.98 Å². The van der Waals surface area contributed by atoms with Gasteiger partial charge in [0, 0.05) is 6.07 Å². The SMILES string of the molecule is N#Cc1cc2[nH]cnc2cc1OCCO. The number of benzene rings is 1. The van der Waals surface area contributed by atoms with Gasteiger partial charge in [0.15, 0.2) is 0 Å². The zero-order valence-electron chi connectivity index (χ0n) is 7.90. The molecule has 0 unspecified atom stereocenters. The van der Waals surface area contributed by atoms with Crippen LogP contribution in [0.25, 0.3) is 11.0 Å². The molecule has 1 aromatic heterocycles. The Morgan fingerprint density at radius 2 is 2.40 bits per heavy atom. The highest BCUT2D eigenvalue weighted by atomic mass is 16.5. The lowest BCUT2D eigenvalue weighted by molar-refractivity contribution is 0.201. The first-order valence-electron chi connectivity index (χ1n) is 4.46. The first-order chi connectivity index (χ1) is 7.35. The smallest absolute Gasteiger partial charge is 0.139 e. The van der Waals surface area contributed by atoms with Crippen molar-refractivity contribution in [2.45, 2.75) is 0 Å². The summed E-state index contributed by atoms with van der Waals surface area (Å²) in [5.41, 5.74) is 1.96. The van der Waals surface area contributed by atoms with E-state index >= 15 is 0 Å². The number of aliphatic hydroxyl groups excluding tert-OH is 1. The van der Waals surface area contributed by atoms with Crippen molar-refractivity contribution in [3.63, 3.8) is 0 Å². The molecule has 15 heavy (non-hydrogen) atoms. The van der Waals surface area contributed by atoms with Crippen molar-refractivity contribution >= 4 is 11.0 Å². The topological polar surface area (TPSA) is 81.9 Å². The van der Waals surface area contributed by atoms with Gasteiger partial charge in [0.1, 0.15) is 18.4 Å². The zero-order valence-corrected chi connectivity index (χ0v) is 7.90. The van der Waals surface area contributed by atoms with Gasteiger partial charge < -0.3 is 14.8 Å². The summed E-state index contributed by atoms with van der Waals surface area (Å²) in [6.07, 6.45) is 1.56. The Morgan fingerprint density at radius 3 is 3.13 bits per heavy atom. The predicted octanol–water partition coefficient (Wildman–Crippen LogP) is 0.806. The Morgan fingerprint density at radius 1 is 1.53 bits per heavy atom. The standard InChI is InChI=1S/C10H9N3O2/c11-5-7-3-8-9(13-6-12-8)4-10(7)15-2-1-14/h3-4,6,14H,1-2H2,(H,12,13). The molecule has 2 aromatic rings. The summed E-state index contributed by atoms with van der Waals surface area (Å²) in [5.74, 6) is 0.450. The Labute approximate surface area is 85.9 Å². The third-order valence-electron chi connectivity index (χ3n) is 1.99. The van der Waals surface area contributed by atoms with Crippen LogP contribution in [0, 0.1) is 11.3 Å². The highest BCUT2D eigenvalue weighted by Gasteiger charge is 2.06. The van der Waals surface area contributed by atoms with Gasteiger partial charge in [0.25, 0.3) is 0 Å². The van der Waals surface area contributed by atoms with Crippen LogP contribution in [-0.4, -0.2) is 28.3 Å². The third kappa shape index (κ3) is 1.75. The van der Waals surface area contributed by atoms with E-state index in [4.69, 9.17) is 15.1 Å². The van der Waals surface area contributed by atoms with Crippen LogP contribution >= 0.6 is 0 Å². The monoisotopic (exact) mass is 203 g/mol. The summed E-state index contributed by atoms with van der Waals surface area (Å²) < 4.78 is 5.23. The van der Waals surface area contributed by atoms with Crippen LogP contribution in [0.4, 0.5) is 0 Å². The first-order valence-corrected chi connectivity index (χ1v) is 4.46. The number of fused-ring (bicyclic) bond motifs is 1. The van der Waals surface area contributed by atoms with Crippen molar-refractivity contribution in [2.24, 2.45) is 0 Å². The molecule has 0 bridgehead atoms. The van der Waals surface area contributed by atoms with Crippen LogP contribution in [0.2, 0.25) is 0 Å². The second-order valence-corrected chi connectivity index (χ2v) is 2.95. The highest BCUT2D eigenvalue weighted by Crippen LogP contribution is 2.23. The summed E-state index contributed by atoms with van der Waals surface area (Å²) in [6.45, 7) is 0.0913. The number of nitriles is 1. The zero-order chi connectivity index (χ0) is 10.7. The summed E-state index contributed by atoms with van der Waals surface area (Å²) in [5, 5.41) is 17.5. The molecule has 0 radical (unpaired) electrons. The van der Waals surface area contributed by atoms with Crippen molar-refractivity contribution in [3.05, 3.63) is 24.0 Å². The van der Waals surface area contributed by atoms with Gasteiger partial charge >= 0.3 is 0 Å². The molecule has 0 atom stereocenters. The average Bonchev–Trinajstić information content (AvgIpc) is 2.71. The molecular formula is C10H9N3O2. The first kappa shape index (κ1) is 9.49. The van der Waals surface area contributed by atoms with Gasteiger partial charge in [-0.2, -0.15) is 5.26 Å². The van der Waals surface area contributed by atoms with E-state index in [1.165, 1.54) is 0 Å².